The summed E-state index contributed by atoms with van der Waals surface area (Å²) in [5.41, 5.74) is 12.0. The molecule has 1 aromatic carbocycles. The maximum atomic E-state index is 12.4. The predicted octanol–water partition coefficient (Wildman–Crippen LogP) is 1.88. The van der Waals surface area contributed by atoms with Crippen LogP contribution in [0.25, 0.3) is 0 Å². The molecule has 0 fully saturated rings. The number of azo groups is 1. The summed E-state index contributed by atoms with van der Waals surface area (Å²) in [7, 11) is 3.36. The van der Waals surface area contributed by atoms with Gasteiger partial charge in [0.15, 0.2) is 11.6 Å². The van der Waals surface area contributed by atoms with Crippen LogP contribution < -0.4 is 16.2 Å². The van der Waals surface area contributed by atoms with Crippen molar-refractivity contribution in [2.24, 2.45) is 10.2 Å². The largest absolute Gasteiger partial charge is 0.423 e. The van der Waals surface area contributed by atoms with Gasteiger partial charge in [-0.2, -0.15) is 0 Å². The van der Waals surface area contributed by atoms with Gasteiger partial charge in [-0.05, 0) is 45.3 Å². The number of hydrogen-bond acceptors (Lipinski definition) is 9. The monoisotopic (exact) mass is 358 g/mol. The minimum Gasteiger partial charge on any atom is -0.423 e. The number of esters is 1. The summed E-state index contributed by atoms with van der Waals surface area (Å²) in [6.45, 7) is 1.52. The number of carbonyl (C=O) groups is 1. The van der Waals surface area contributed by atoms with Crippen LogP contribution >= 0.6 is 0 Å². The Bertz CT molecular complexity index is 799. The summed E-state index contributed by atoms with van der Waals surface area (Å²) in [5.74, 6) is 0.0469. The number of anilines is 2. The lowest BCUT2D eigenvalue weighted by molar-refractivity contribution is -0.143. The lowest BCUT2D eigenvalue weighted by atomic mass is 10.1. The number of aliphatic hydroxyl groups excluding tert-OH is 1. The van der Waals surface area contributed by atoms with Crippen molar-refractivity contribution in [3.05, 3.63) is 36.4 Å². The molecule has 0 radical (unpaired) electrons. The molecule has 0 saturated heterocycles. The Balaban J connectivity index is 2.25. The average Bonchev–Trinajstić information content (AvgIpc) is 2.54. The van der Waals surface area contributed by atoms with E-state index in [1.807, 2.05) is 0 Å². The number of nitrogen functional groups attached to an aromatic ring is 2. The van der Waals surface area contributed by atoms with Gasteiger partial charge in [0.05, 0.1) is 6.10 Å². The van der Waals surface area contributed by atoms with Crippen LogP contribution in [-0.4, -0.2) is 47.2 Å². The van der Waals surface area contributed by atoms with Crippen molar-refractivity contribution >= 4 is 29.0 Å². The molecule has 0 amide bonds. The van der Waals surface area contributed by atoms with Crippen molar-refractivity contribution in [1.82, 2.24) is 9.88 Å². The third kappa shape index (κ3) is 4.74. The number of carbonyl (C=O) groups excluding carboxylic acids is 1. The van der Waals surface area contributed by atoms with E-state index in [0.717, 1.165) is 0 Å². The van der Waals surface area contributed by atoms with Gasteiger partial charge in [-0.3, -0.25) is 4.90 Å². The van der Waals surface area contributed by atoms with Crippen molar-refractivity contribution in [2.75, 3.05) is 25.6 Å². The van der Waals surface area contributed by atoms with Gasteiger partial charge in [-0.15, -0.1) is 10.2 Å². The van der Waals surface area contributed by atoms with Gasteiger partial charge in [0.1, 0.15) is 23.2 Å². The van der Waals surface area contributed by atoms with Crippen LogP contribution in [0.15, 0.2) is 46.6 Å². The first-order chi connectivity index (χ1) is 12.3. The fourth-order valence-electron chi connectivity index (χ4n) is 2.31. The molecule has 0 spiro atoms. The maximum Gasteiger partial charge on any atom is 0.331 e. The number of aromatic nitrogens is 1. The zero-order valence-electron chi connectivity index (χ0n) is 14.8. The van der Waals surface area contributed by atoms with Gasteiger partial charge in [0.25, 0.3) is 0 Å². The van der Waals surface area contributed by atoms with Crippen LogP contribution in [0, 0.1) is 0 Å². The van der Waals surface area contributed by atoms with E-state index >= 15 is 0 Å². The molecule has 26 heavy (non-hydrogen) atoms. The Kier molecular flexibility index (Phi) is 6.21. The Morgan fingerprint density at radius 1 is 1.15 bits per heavy atom. The van der Waals surface area contributed by atoms with Crippen LogP contribution in [0.2, 0.25) is 0 Å². The molecule has 1 heterocycles. The van der Waals surface area contributed by atoms with Gasteiger partial charge < -0.3 is 21.3 Å². The fourth-order valence-corrected chi connectivity index (χ4v) is 2.31. The highest BCUT2D eigenvalue weighted by Gasteiger charge is 2.28. The summed E-state index contributed by atoms with van der Waals surface area (Å²) in [6.07, 6.45) is -0.896. The van der Waals surface area contributed by atoms with Crippen LogP contribution in [0.5, 0.6) is 5.75 Å². The Morgan fingerprint density at radius 2 is 1.81 bits per heavy atom. The summed E-state index contributed by atoms with van der Waals surface area (Å²) < 4.78 is 5.41. The van der Waals surface area contributed by atoms with Crippen molar-refractivity contribution in [3.8, 4) is 5.75 Å². The van der Waals surface area contributed by atoms with Gasteiger partial charge in [-0.25, -0.2) is 9.78 Å². The molecule has 2 atom stereocenters. The van der Waals surface area contributed by atoms with E-state index in [1.165, 1.54) is 6.92 Å². The van der Waals surface area contributed by atoms with Gasteiger partial charge in [0, 0.05) is 0 Å². The first-order valence-corrected chi connectivity index (χ1v) is 7.88. The van der Waals surface area contributed by atoms with E-state index in [1.54, 1.807) is 55.4 Å². The highest BCUT2D eigenvalue weighted by Crippen LogP contribution is 2.30. The van der Waals surface area contributed by atoms with E-state index in [2.05, 4.69) is 15.2 Å². The Labute approximate surface area is 151 Å². The van der Waals surface area contributed by atoms with Gasteiger partial charge >= 0.3 is 5.97 Å². The SMILES string of the molecule is C[C@H](O)[C@H](C(=O)Oc1ccccc1N=Nc1ccc(N)nc1N)N(C)C. The van der Waals surface area contributed by atoms with Gasteiger partial charge in [-0.1, -0.05) is 12.1 Å². The van der Waals surface area contributed by atoms with Crippen molar-refractivity contribution < 1.29 is 14.6 Å². The molecule has 0 aliphatic heterocycles. The molecular weight excluding hydrogens is 336 g/mol. The highest BCUT2D eigenvalue weighted by atomic mass is 16.5. The molecule has 0 unspecified atom stereocenters. The second-order valence-corrected chi connectivity index (χ2v) is 5.88. The Hall–Kier alpha value is -3.04. The lowest BCUT2D eigenvalue weighted by Gasteiger charge is -2.24. The van der Waals surface area contributed by atoms with Gasteiger partial charge in [0.2, 0.25) is 0 Å². The summed E-state index contributed by atoms with van der Waals surface area (Å²) in [4.78, 5) is 17.9. The Morgan fingerprint density at radius 3 is 2.42 bits per heavy atom. The highest BCUT2D eigenvalue weighted by molar-refractivity contribution is 5.80. The first kappa shape index (κ1) is 19.3. The molecule has 5 N–H and O–H groups in total. The molecule has 9 heteroatoms. The number of hydrogen-bond donors (Lipinski definition) is 3. The molecule has 0 aliphatic carbocycles. The minimum atomic E-state index is -0.896. The van der Waals surface area contributed by atoms with E-state index < -0.39 is 18.1 Å². The number of nitrogens with zero attached hydrogens (tertiary/aromatic N) is 4. The second-order valence-electron chi connectivity index (χ2n) is 5.88. The second kappa shape index (κ2) is 8.37. The predicted molar refractivity (Wildman–Crippen MR) is 98.5 cm³/mol. The topological polar surface area (TPSA) is 139 Å². The van der Waals surface area contributed by atoms with Crippen LogP contribution in [0.4, 0.5) is 23.0 Å². The summed E-state index contributed by atoms with van der Waals surface area (Å²) >= 11 is 0. The third-order valence-corrected chi connectivity index (χ3v) is 3.52. The molecule has 9 nitrogen and oxygen atoms in total. The van der Waals surface area contributed by atoms with Crippen molar-refractivity contribution in [1.29, 1.82) is 0 Å². The van der Waals surface area contributed by atoms with E-state index in [4.69, 9.17) is 16.2 Å². The zero-order chi connectivity index (χ0) is 19.3. The lowest BCUT2D eigenvalue weighted by Crippen LogP contribution is -2.46. The van der Waals surface area contributed by atoms with Crippen molar-refractivity contribution in [2.45, 2.75) is 19.1 Å². The number of rotatable bonds is 6. The first-order valence-electron chi connectivity index (χ1n) is 7.88. The summed E-state index contributed by atoms with van der Waals surface area (Å²) in [5, 5.41) is 17.9. The number of ether oxygens (including phenoxy) is 1. The normalized spacial score (nSPS) is 13.7. The van der Waals surface area contributed by atoms with E-state index in [-0.39, 0.29) is 17.4 Å². The third-order valence-electron chi connectivity index (χ3n) is 3.52. The molecule has 2 rings (SSSR count). The smallest absolute Gasteiger partial charge is 0.331 e. The van der Waals surface area contributed by atoms with E-state index in [0.29, 0.717) is 11.4 Å². The van der Waals surface area contributed by atoms with Crippen LogP contribution in [-0.2, 0) is 4.79 Å². The molecule has 0 aliphatic rings. The number of pyridine rings is 1. The minimum absolute atomic E-state index is 0.144. The molecular formula is C17H22N6O3. The molecule has 138 valence electrons. The number of aliphatic hydroxyl groups is 1. The number of para-hydroxylation sites is 1. The van der Waals surface area contributed by atoms with Crippen LogP contribution in [0.1, 0.15) is 6.92 Å². The maximum absolute atomic E-state index is 12.4. The molecule has 0 bridgehead atoms. The summed E-state index contributed by atoms with van der Waals surface area (Å²) in [6, 6.07) is 9.00. The van der Waals surface area contributed by atoms with E-state index in [9.17, 15) is 9.90 Å². The number of likely N-dealkylation sites (N-methyl/N-ethyl adjacent to an activating group) is 1. The zero-order valence-corrected chi connectivity index (χ0v) is 14.8. The standard InChI is InChI=1S/C17H22N6O3/c1-10(24)15(23(2)3)17(25)26-13-7-5-4-6-11(13)21-22-12-8-9-14(18)20-16(12)19/h4-10,15,24H,1-3H3,(H4,18,19,20)/t10-,15+/m0/s1. The number of benzene rings is 1. The molecule has 0 saturated carbocycles. The van der Waals surface area contributed by atoms with Crippen molar-refractivity contribution in [3.63, 3.8) is 0 Å². The quantitative estimate of drug-likeness (QED) is 0.407. The molecule has 2 aromatic rings. The fraction of sp³-hybridized carbons (Fsp3) is 0.294. The average molecular weight is 358 g/mol. The van der Waals surface area contributed by atoms with Crippen LogP contribution in [0.3, 0.4) is 0 Å². The molecule has 1 aromatic heterocycles. The number of nitrogens with two attached hydrogens (primary N) is 2.